The van der Waals surface area contributed by atoms with Crippen LogP contribution in [0, 0.1) is 0 Å². The number of aromatic amines is 1. The summed E-state index contributed by atoms with van der Waals surface area (Å²) in [5.41, 5.74) is 2.00. The number of benzene rings is 1. The maximum absolute atomic E-state index is 12.9. The van der Waals surface area contributed by atoms with Crippen molar-refractivity contribution in [2.45, 2.75) is 71.2 Å². The van der Waals surface area contributed by atoms with Crippen LogP contribution >= 0.6 is 11.3 Å². The van der Waals surface area contributed by atoms with E-state index in [1.165, 1.54) is 16.9 Å². The van der Waals surface area contributed by atoms with Crippen molar-refractivity contribution in [3.05, 3.63) is 62.5 Å². The van der Waals surface area contributed by atoms with Crippen LogP contribution in [-0.4, -0.2) is 44.8 Å². The molecule has 0 saturated heterocycles. The van der Waals surface area contributed by atoms with Gasteiger partial charge >= 0.3 is 0 Å². The molecule has 0 amide bonds. The van der Waals surface area contributed by atoms with E-state index in [0.717, 1.165) is 35.0 Å². The van der Waals surface area contributed by atoms with Crippen LogP contribution in [0.2, 0.25) is 0 Å². The molecule has 1 aliphatic carbocycles. The molecule has 172 valence electrons. The normalized spacial score (nSPS) is 15.3. The minimum atomic E-state index is -0.637. The Labute approximate surface area is 193 Å². The van der Waals surface area contributed by atoms with Crippen LogP contribution in [0.5, 0.6) is 0 Å². The van der Waals surface area contributed by atoms with Gasteiger partial charge in [0.25, 0.3) is 5.56 Å². The smallest absolute Gasteiger partial charge is 0.259 e. The number of H-pyrrole nitrogens is 1. The molecule has 0 radical (unpaired) electrons. The third-order valence-electron chi connectivity index (χ3n) is 5.67. The molecule has 0 saturated carbocycles. The first kappa shape index (κ1) is 23.1. The first-order chi connectivity index (χ1) is 15.3. The maximum Gasteiger partial charge on any atom is 0.259 e. The number of nitrogens with zero attached hydrogens (tertiary/aromatic N) is 2. The van der Waals surface area contributed by atoms with Gasteiger partial charge in [-0.2, -0.15) is 0 Å². The lowest BCUT2D eigenvalue weighted by molar-refractivity contribution is -0.0574. The molecule has 1 aliphatic rings. The van der Waals surface area contributed by atoms with Crippen molar-refractivity contribution in [1.29, 1.82) is 0 Å². The molecule has 7 heteroatoms. The molecule has 0 spiro atoms. The Morgan fingerprint density at radius 3 is 2.69 bits per heavy atom. The number of hydrogen-bond acceptors (Lipinski definition) is 6. The number of nitrogens with one attached hydrogen (secondary N) is 1. The molecule has 2 aromatic heterocycles. The number of rotatable bonds is 8. The number of aryl methyl sites for hydroxylation is 2. The molecule has 0 aliphatic heterocycles. The van der Waals surface area contributed by atoms with E-state index >= 15 is 0 Å². The van der Waals surface area contributed by atoms with Gasteiger partial charge in [0.1, 0.15) is 10.7 Å². The van der Waals surface area contributed by atoms with Crippen molar-refractivity contribution in [2.24, 2.45) is 0 Å². The van der Waals surface area contributed by atoms with Crippen LogP contribution in [0.3, 0.4) is 0 Å². The van der Waals surface area contributed by atoms with E-state index in [1.54, 1.807) is 11.3 Å². The van der Waals surface area contributed by atoms with Crippen LogP contribution < -0.4 is 5.56 Å². The molecule has 0 fully saturated rings. The van der Waals surface area contributed by atoms with E-state index in [1.807, 2.05) is 39.0 Å². The van der Waals surface area contributed by atoms with Crippen molar-refractivity contribution in [3.8, 4) is 0 Å². The van der Waals surface area contributed by atoms with Gasteiger partial charge in [-0.05, 0) is 57.6 Å². The molecule has 0 bridgehead atoms. The Morgan fingerprint density at radius 1 is 1.19 bits per heavy atom. The topological polar surface area (TPSA) is 78.5 Å². The van der Waals surface area contributed by atoms with Crippen molar-refractivity contribution in [2.75, 3.05) is 13.2 Å². The van der Waals surface area contributed by atoms with E-state index in [0.29, 0.717) is 25.5 Å². The molecule has 1 atom stereocenters. The maximum atomic E-state index is 12.9. The first-order valence-corrected chi connectivity index (χ1v) is 12.2. The van der Waals surface area contributed by atoms with E-state index in [9.17, 15) is 9.90 Å². The standard InChI is InChI=1S/C25H33N3O3S/c1-25(2,3)31-16-18(29)14-28(13-17-9-5-4-6-10-17)15-21-26-23(30)22-19-11-7-8-12-20(19)32-24(22)27-21/h4-6,9-10,18,29H,7-8,11-16H2,1-3H3,(H,26,27,30)/t18-/m0/s1. The number of aromatic nitrogens is 2. The van der Waals surface area contributed by atoms with E-state index in [-0.39, 0.29) is 17.8 Å². The zero-order valence-corrected chi connectivity index (χ0v) is 20.0. The average molecular weight is 456 g/mol. The molecule has 1 aromatic carbocycles. The second-order valence-corrected chi connectivity index (χ2v) is 10.7. The van der Waals surface area contributed by atoms with Gasteiger partial charge in [0, 0.05) is 18.0 Å². The fraction of sp³-hybridized carbons (Fsp3) is 0.520. The van der Waals surface area contributed by atoms with E-state index in [4.69, 9.17) is 9.72 Å². The van der Waals surface area contributed by atoms with Gasteiger partial charge < -0.3 is 14.8 Å². The third kappa shape index (κ3) is 5.84. The molecule has 0 unspecified atom stereocenters. The van der Waals surface area contributed by atoms with E-state index in [2.05, 4.69) is 22.0 Å². The van der Waals surface area contributed by atoms with Gasteiger partial charge in [-0.25, -0.2) is 4.98 Å². The van der Waals surface area contributed by atoms with Gasteiger partial charge in [0.2, 0.25) is 0 Å². The molecule has 4 rings (SSSR count). The Kier molecular flexibility index (Phi) is 7.10. The van der Waals surface area contributed by atoms with Crippen LogP contribution in [0.1, 0.15) is 55.4 Å². The predicted octanol–water partition coefficient (Wildman–Crippen LogP) is 4.04. The second kappa shape index (κ2) is 9.83. The third-order valence-corrected chi connectivity index (χ3v) is 6.86. The summed E-state index contributed by atoms with van der Waals surface area (Å²) in [6.07, 6.45) is 3.70. The Morgan fingerprint density at radius 2 is 1.94 bits per heavy atom. The SMILES string of the molecule is CC(C)(C)OC[C@@H](O)CN(Cc1ccccc1)Cc1nc2sc3c(c2c(=O)[nH]1)CCCC3. The summed E-state index contributed by atoms with van der Waals surface area (Å²) < 4.78 is 5.77. The zero-order valence-electron chi connectivity index (χ0n) is 19.2. The molecular formula is C25H33N3O3S. The minimum absolute atomic E-state index is 0.0410. The number of aliphatic hydroxyl groups excluding tert-OH is 1. The Hall–Kier alpha value is -2.06. The van der Waals surface area contributed by atoms with Crippen molar-refractivity contribution in [1.82, 2.24) is 14.9 Å². The van der Waals surface area contributed by atoms with Gasteiger partial charge in [0.15, 0.2) is 0 Å². The summed E-state index contributed by atoms with van der Waals surface area (Å²) in [6.45, 7) is 7.72. The van der Waals surface area contributed by atoms with Crippen LogP contribution in [-0.2, 0) is 30.7 Å². The van der Waals surface area contributed by atoms with Crippen molar-refractivity contribution < 1.29 is 9.84 Å². The largest absolute Gasteiger partial charge is 0.389 e. The predicted molar refractivity (Wildman–Crippen MR) is 129 cm³/mol. The van der Waals surface area contributed by atoms with Crippen LogP contribution in [0.4, 0.5) is 0 Å². The van der Waals surface area contributed by atoms with Crippen LogP contribution in [0.15, 0.2) is 35.1 Å². The lowest BCUT2D eigenvalue weighted by Gasteiger charge is -2.27. The molecule has 32 heavy (non-hydrogen) atoms. The van der Waals surface area contributed by atoms with Crippen LogP contribution in [0.25, 0.3) is 10.2 Å². The summed E-state index contributed by atoms with van der Waals surface area (Å²) in [7, 11) is 0. The first-order valence-electron chi connectivity index (χ1n) is 11.4. The summed E-state index contributed by atoms with van der Waals surface area (Å²) in [4.78, 5) is 25.0. The van der Waals surface area contributed by atoms with Crippen molar-refractivity contribution >= 4 is 21.6 Å². The van der Waals surface area contributed by atoms with Gasteiger partial charge in [-0.15, -0.1) is 11.3 Å². The Bertz CT molecular complexity index is 1100. The quantitative estimate of drug-likeness (QED) is 0.536. The number of thiophene rings is 1. The number of aliphatic hydroxyl groups is 1. The molecule has 2 N–H and O–H groups in total. The highest BCUT2D eigenvalue weighted by Crippen LogP contribution is 2.33. The fourth-order valence-corrected chi connectivity index (χ4v) is 5.50. The number of fused-ring (bicyclic) bond motifs is 3. The second-order valence-electron chi connectivity index (χ2n) is 9.64. The lowest BCUT2D eigenvalue weighted by atomic mass is 9.97. The highest BCUT2D eigenvalue weighted by atomic mass is 32.1. The lowest BCUT2D eigenvalue weighted by Crippen LogP contribution is -2.37. The highest BCUT2D eigenvalue weighted by Gasteiger charge is 2.21. The van der Waals surface area contributed by atoms with E-state index < -0.39 is 6.10 Å². The Balaban J connectivity index is 1.55. The summed E-state index contributed by atoms with van der Waals surface area (Å²) in [5, 5.41) is 11.4. The molecule has 2 heterocycles. The van der Waals surface area contributed by atoms with Gasteiger partial charge in [-0.1, -0.05) is 30.3 Å². The molecule has 6 nitrogen and oxygen atoms in total. The number of hydrogen-bond donors (Lipinski definition) is 2. The number of ether oxygens (including phenoxy) is 1. The minimum Gasteiger partial charge on any atom is -0.389 e. The zero-order chi connectivity index (χ0) is 22.7. The fourth-order valence-electron chi connectivity index (χ4n) is 4.22. The van der Waals surface area contributed by atoms with Gasteiger partial charge in [0.05, 0.1) is 30.2 Å². The van der Waals surface area contributed by atoms with Gasteiger partial charge in [-0.3, -0.25) is 9.69 Å². The summed E-state index contributed by atoms with van der Waals surface area (Å²) in [5.74, 6) is 0.640. The molecular weight excluding hydrogens is 422 g/mol. The van der Waals surface area contributed by atoms with Crippen molar-refractivity contribution in [3.63, 3.8) is 0 Å². The monoisotopic (exact) mass is 455 g/mol. The summed E-state index contributed by atoms with van der Waals surface area (Å²) >= 11 is 1.66. The highest BCUT2D eigenvalue weighted by molar-refractivity contribution is 7.18. The molecule has 3 aromatic rings. The summed E-state index contributed by atoms with van der Waals surface area (Å²) in [6, 6.07) is 10.1. The average Bonchev–Trinajstić information content (AvgIpc) is 3.11.